The molecule has 0 aromatic carbocycles. The molecule has 1 heterocycles. The van der Waals surface area contributed by atoms with Gasteiger partial charge in [0.05, 0.1) is 56.8 Å². The standard InChI is InChI=1S/C81H157N3O16S/c1-7-13-19-25-31-37-40-46-52-58-69(94-61-55-49-43-34-28-22-16-10-4)64-74(86)82-72(80(89)90)68-97-81-78(84-76(88)66-71(60-54-48-42-39-33-27-21-15-9-3)96-63-57-51-45-36-30-24-18-12-6)77(79(73(67-85)98-81)99-100-101(91,92)93)83-75(87)65-70(59-53-47-41-38-32-26-20-14-8-2)95-62-56-50-44-35-29-23-17-11-5/h69-73,77-79,81,85H,7-68H2,1-6H3,(H,82,86)(H,83,87)(H,84,88)(H,89,90)(H,91,92,93)/t69-,70-,71-,72+,73-,77+,78-,79-,81-/m1/s1. The molecule has 0 aromatic heterocycles. The van der Waals surface area contributed by atoms with Gasteiger partial charge < -0.3 is 49.8 Å². The second-order valence-corrected chi connectivity index (χ2v) is 30.6. The summed E-state index contributed by atoms with van der Waals surface area (Å²) in [6, 6.07) is -4.61. The highest BCUT2D eigenvalue weighted by Crippen LogP contribution is 2.28. The summed E-state index contributed by atoms with van der Waals surface area (Å²) < 4.78 is 71.1. The second-order valence-electron chi connectivity index (χ2n) is 29.6. The molecular formula is C81H157N3O16S. The van der Waals surface area contributed by atoms with E-state index in [1.54, 1.807) is 0 Å². The fourth-order valence-corrected chi connectivity index (χ4v) is 13.9. The van der Waals surface area contributed by atoms with Crippen molar-refractivity contribution in [3.63, 3.8) is 0 Å². The van der Waals surface area contributed by atoms with Gasteiger partial charge in [0.25, 0.3) is 0 Å². The lowest BCUT2D eigenvalue weighted by molar-refractivity contribution is -0.327. The Morgan fingerprint density at radius 3 is 0.960 bits per heavy atom. The van der Waals surface area contributed by atoms with Crippen molar-refractivity contribution in [3.05, 3.63) is 0 Å². The van der Waals surface area contributed by atoms with Crippen molar-refractivity contribution in [1.82, 2.24) is 16.0 Å². The van der Waals surface area contributed by atoms with Crippen molar-refractivity contribution in [1.29, 1.82) is 0 Å². The monoisotopic (exact) mass is 1460 g/mol. The Labute approximate surface area is 617 Å². The summed E-state index contributed by atoms with van der Waals surface area (Å²) in [6.07, 6.45) is 52.5. The van der Waals surface area contributed by atoms with Gasteiger partial charge in [0.2, 0.25) is 17.7 Å². The van der Waals surface area contributed by atoms with E-state index in [0.717, 1.165) is 148 Å². The average molecular weight is 1460 g/mol. The van der Waals surface area contributed by atoms with Gasteiger partial charge in [-0.25, -0.2) is 9.68 Å². The number of aliphatic hydroxyl groups excluding tert-OH is 1. The van der Waals surface area contributed by atoms with E-state index in [1.165, 1.54) is 180 Å². The van der Waals surface area contributed by atoms with E-state index >= 15 is 0 Å². The molecule has 101 heavy (non-hydrogen) atoms. The molecule has 19 nitrogen and oxygen atoms in total. The molecule has 1 fully saturated rings. The second kappa shape index (κ2) is 69.2. The largest absolute Gasteiger partial charge is 0.480 e. The predicted octanol–water partition coefficient (Wildman–Crippen LogP) is 19.9. The topological polar surface area (TPSA) is 264 Å². The molecule has 1 aliphatic heterocycles. The van der Waals surface area contributed by atoms with Crippen LogP contribution in [0.2, 0.25) is 0 Å². The molecule has 3 amide bonds. The number of carboxylic acids is 1. The van der Waals surface area contributed by atoms with Crippen LogP contribution in [-0.2, 0) is 62.5 Å². The number of carbonyl (C=O) groups excluding carboxylic acids is 3. The van der Waals surface area contributed by atoms with Crippen molar-refractivity contribution < 1.29 is 75.3 Å². The van der Waals surface area contributed by atoms with Crippen LogP contribution in [0.15, 0.2) is 0 Å². The highest BCUT2D eigenvalue weighted by atomic mass is 32.3. The lowest BCUT2D eigenvalue weighted by Crippen LogP contribution is -2.70. The van der Waals surface area contributed by atoms with Gasteiger partial charge >= 0.3 is 16.4 Å². The summed E-state index contributed by atoms with van der Waals surface area (Å²) in [4.78, 5) is 62.4. The summed E-state index contributed by atoms with van der Waals surface area (Å²) in [6.45, 7) is 13.1. The zero-order valence-electron chi connectivity index (χ0n) is 65.6. The highest BCUT2D eigenvalue weighted by Gasteiger charge is 2.50. The van der Waals surface area contributed by atoms with E-state index in [0.29, 0.717) is 39.1 Å². The molecule has 0 radical (unpaired) electrons. The van der Waals surface area contributed by atoms with Crippen LogP contribution in [0.5, 0.6) is 0 Å². The summed E-state index contributed by atoms with van der Waals surface area (Å²) in [5.74, 6) is -3.05. The Bertz CT molecular complexity index is 1940. The fraction of sp³-hybridized carbons (Fsp3) is 0.951. The number of nitrogens with one attached hydrogen (secondary N) is 3. The maximum absolute atomic E-state index is 14.9. The van der Waals surface area contributed by atoms with Crippen molar-refractivity contribution in [2.75, 3.05) is 33.0 Å². The molecule has 598 valence electrons. The third-order valence-electron chi connectivity index (χ3n) is 20.0. The van der Waals surface area contributed by atoms with Gasteiger partial charge in [0.1, 0.15) is 18.2 Å². The number of aliphatic carboxylic acids is 1. The molecule has 0 bridgehead atoms. The number of rotatable bonds is 77. The maximum Gasteiger partial charge on any atom is 0.424 e. The van der Waals surface area contributed by atoms with Gasteiger partial charge in [-0.1, -0.05) is 354 Å². The Kier molecular flexibility index (Phi) is 66.1. The lowest BCUT2D eigenvalue weighted by Gasteiger charge is -2.45. The Morgan fingerprint density at radius 2 is 0.673 bits per heavy atom. The van der Waals surface area contributed by atoms with Crippen LogP contribution in [-0.4, -0.2) is 135 Å². The third-order valence-corrected chi connectivity index (χ3v) is 20.3. The van der Waals surface area contributed by atoms with Gasteiger partial charge in [0, 0.05) is 19.8 Å². The molecule has 0 spiro atoms. The average Bonchev–Trinajstić information content (AvgIpc) is 0.785. The minimum Gasteiger partial charge on any atom is -0.480 e. The third kappa shape index (κ3) is 57.3. The van der Waals surface area contributed by atoms with E-state index in [-0.39, 0.29) is 19.3 Å². The number of carboxylic acid groups (broad SMARTS) is 1. The normalized spacial score (nSPS) is 17.6. The molecule has 0 aromatic rings. The Morgan fingerprint density at radius 1 is 0.396 bits per heavy atom. The predicted molar refractivity (Wildman–Crippen MR) is 409 cm³/mol. The molecule has 20 heteroatoms. The van der Waals surface area contributed by atoms with Crippen LogP contribution in [0.25, 0.3) is 0 Å². The van der Waals surface area contributed by atoms with Crippen LogP contribution in [0.3, 0.4) is 0 Å². The van der Waals surface area contributed by atoms with E-state index in [2.05, 4.69) is 61.8 Å². The van der Waals surface area contributed by atoms with Crippen molar-refractivity contribution >= 4 is 34.1 Å². The van der Waals surface area contributed by atoms with Crippen LogP contribution in [0.1, 0.15) is 408 Å². The minimum atomic E-state index is -5.30. The van der Waals surface area contributed by atoms with Crippen LogP contribution < -0.4 is 16.0 Å². The molecule has 0 saturated carbocycles. The number of unbranched alkanes of at least 4 members (excludes halogenated alkanes) is 45. The summed E-state index contributed by atoms with van der Waals surface area (Å²) in [7, 11) is -5.30. The number of carbonyl (C=O) groups is 4. The van der Waals surface area contributed by atoms with Crippen LogP contribution >= 0.6 is 0 Å². The first-order valence-electron chi connectivity index (χ1n) is 42.3. The van der Waals surface area contributed by atoms with Crippen LogP contribution in [0.4, 0.5) is 0 Å². The molecule has 6 N–H and O–H groups in total. The molecule has 9 atom stereocenters. The zero-order valence-corrected chi connectivity index (χ0v) is 66.4. The molecule has 1 saturated heterocycles. The van der Waals surface area contributed by atoms with Gasteiger partial charge in [0.15, 0.2) is 12.3 Å². The zero-order chi connectivity index (χ0) is 73.9. The van der Waals surface area contributed by atoms with E-state index < -0.39 is 102 Å². The van der Waals surface area contributed by atoms with Gasteiger partial charge in [-0.15, -0.1) is 0 Å². The van der Waals surface area contributed by atoms with Gasteiger partial charge in [-0.2, -0.15) is 8.42 Å². The molecule has 0 aliphatic carbocycles. The summed E-state index contributed by atoms with van der Waals surface area (Å²) >= 11 is 0. The van der Waals surface area contributed by atoms with E-state index in [9.17, 15) is 42.4 Å². The maximum atomic E-state index is 14.9. The van der Waals surface area contributed by atoms with E-state index in [1.807, 2.05) is 0 Å². The van der Waals surface area contributed by atoms with Gasteiger partial charge in [-0.3, -0.25) is 18.9 Å². The smallest absolute Gasteiger partial charge is 0.424 e. The Hall–Kier alpha value is -2.53. The number of hydrogen-bond acceptors (Lipinski definition) is 14. The number of hydrogen-bond donors (Lipinski definition) is 6. The first kappa shape index (κ1) is 96.5. The molecule has 1 aliphatic rings. The molecule has 0 unspecified atom stereocenters. The SMILES string of the molecule is CCCCCCCCCCC[C@H](CC(=O)N[C@H]1[C@H](OC[C@H](NC(=O)C[C@@H](CCCCCCCCCCC)OCCCCCCCCCC)C(=O)O)O[C@H](CO)[C@@H](OOS(=O)(=O)O)[C@H]1NC(=O)C[C@@H](CCCCCCCCCCC)OCCCCCCCCCC)OCCCCCCCCCC. The quantitative estimate of drug-likeness (QED) is 0.0143. The number of ether oxygens (including phenoxy) is 5. The van der Waals surface area contributed by atoms with Crippen LogP contribution in [0, 0.1) is 0 Å². The molecule has 1 rings (SSSR count). The number of aliphatic hydroxyl groups is 1. The lowest BCUT2D eigenvalue weighted by atomic mass is 9.93. The minimum absolute atomic E-state index is 0.0752. The van der Waals surface area contributed by atoms with Crippen molar-refractivity contribution in [3.8, 4) is 0 Å². The van der Waals surface area contributed by atoms with Crippen molar-refractivity contribution in [2.24, 2.45) is 0 Å². The van der Waals surface area contributed by atoms with Crippen molar-refractivity contribution in [2.45, 2.75) is 462 Å². The summed E-state index contributed by atoms with van der Waals surface area (Å²) in [5.41, 5.74) is 0. The fourth-order valence-electron chi connectivity index (χ4n) is 13.7. The summed E-state index contributed by atoms with van der Waals surface area (Å²) in [5, 5.41) is 30.4. The first-order chi connectivity index (χ1) is 49.2. The molecular weight excluding hydrogens is 1300 g/mol. The number of amides is 3. The van der Waals surface area contributed by atoms with E-state index in [4.69, 9.17) is 28.6 Å². The first-order valence-corrected chi connectivity index (χ1v) is 43.7. The van der Waals surface area contributed by atoms with Gasteiger partial charge in [-0.05, 0) is 38.5 Å². The Balaban J connectivity index is 3.76. The highest BCUT2D eigenvalue weighted by molar-refractivity contribution is 7.80.